The fourth-order valence-electron chi connectivity index (χ4n) is 3.96. The second kappa shape index (κ2) is 7.99. The van der Waals surface area contributed by atoms with Gasteiger partial charge in [-0.3, -0.25) is 14.6 Å². The lowest BCUT2D eigenvalue weighted by Gasteiger charge is -2.33. The van der Waals surface area contributed by atoms with Crippen LogP contribution in [0.1, 0.15) is 21.5 Å². The first-order valence-corrected chi connectivity index (χ1v) is 10.1. The summed E-state index contributed by atoms with van der Waals surface area (Å²) in [7, 11) is 0. The standard InChI is InChI=1S/C23H24N2O4/c26-22-18-6-7-20-19(23(18)29-21(22)14-17-4-2-1-3-5-17)15-25(16-28-20)9-8-24-10-12-27-13-11-24/h1-7,14H,8-13,15-16H2/b21-14-. The molecule has 1 saturated heterocycles. The fourth-order valence-corrected chi connectivity index (χ4v) is 3.96. The van der Waals surface area contributed by atoms with Crippen LogP contribution in [0.2, 0.25) is 0 Å². The van der Waals surface area contributed by atoms with Crippen molar-refractivity contribution in [2.45, 2.75) is 6.54 Å². The number of carbonyl (C=O) groups excluding carboxylic acids is 1. The SMILES string of the molecule is O=C1/C(=C/c2ccccc2)Oc2c1ccc1c2CN(CCN2CCOCC2)CO1. The molecule has 0 unspecified atom stereocenters. The maximum atomic E-state index is 12.8. The van der Waals surface area contributed by atoms with Crippen molar-refractivity contribution in [2.24, 2.45) is 0 Å². The molecular formula is C23H24N2O4. The van der Waals surface area contributed by atoms with E-state index in [9.17, 15) is 4.79 Å². The second-order valence-electron chi connectivity index (χ2n) is 7.55. The molecule has 3 aliphatic heterocycles. The third-order valence-corrected chi connectivity index (χ3v) is 5.62. The van der Waals surface area contributed by atoms with E-state index in [0.29, 0.717) is 23.8 Å². The van der Waals surface area contributed by atoms with Crippen molar-refractivity contribution in [3.05, 3.63) is 64.9 Å². The van der Waals surface area contributed by atoms with Gasteiger partial charge in [0.1, 0.15) is 18.2 Å². The molecule has 0 radical (unpaired) electrons. The summed E-state index contributed by atoms with van der Waals surface area (Å²) in [5, 5.41) is 0. The average molecular weight is 392 g/mol. The Kier molecular flexibility index (Phi) is 5.06. The summed E-state index contributed by atoms with van der Waals surface area (Å²) in [5.74, 6) is 1.74. The molecule has 150 valence electrons. The van der Waals surface area contributed by atoms with Gasteiger partial charge in [0.25, 0.3) is 0 Å². The number of Topliss-reactive ketones (excluding diaryl/α,β-unsaturated/α-hetero) is 1. The zero-order valence-corrected chi connectivity index (χ0v) is 16.3. The number of fused-ring (bicyclic) bond motifs is 3. The van der Waals surface area contributed by atoms with Crippen LogP contribution >= 0.6 is 0 Å². The Morgan fingerprint density at radius 3 is 2.59 bits per heavy atom. The minimum atomic E-state index is -0.0721. The van der Waals surface area contributed by atoms with Crippen LogP contribution in [0.5, 0.6) is 11.5 Å². The summed E-state index contributed by atoms with van der Waals surface area (Å²) >= 11 is 0. The third kappa shape index (κ3) is 3.79. The second-order valence-corrected chi connectivity index (χ2v) is 7.55. The number of benzene rings is 2. The summed E-state index contributed by atoms with van der Waals surface area (Å²) in [4.78, 5) is 17.5. The number of hydrogen-bond donors (Lipinski definition) is 0. The van der Waals surface area contributed by atoms with Crippen molar-refractivity contribution in [3.63, 3.8) is 0 Å². The third-order valence-electron chi connectivity index (χ3n) is 5.62. The molecule has 5 rings (SSSR count). The molecule has 6 heteroatoms. The molecule has 3 aliphatic rings. The van der Waals surface area contributed by atoms with Crippen LogP contribution in [0, 0.1) is 0 Å². The van der Waals surface area contributed by atoms with Crippen molar-refractivity contribution in [2.75, 3.05) is 46.1 Å². The van der Waals surface area contributed by atoms with Crippen molar-refractivity contribution in [3.8, 4) is 11.5 Å². The van der Waals surface area contributed by atoms with Gasteiger partial charge in [-0.2, -0.15) is 0 Å². The Morgan fingerprint density at radius 1 is 0.966 bits per heavy atom. The molecule has 0 atom stereocenters. The number of carbonyl (C=O) groups is 1. The maximum absolute atomic E-state index is 12.8. The maximum Gasteiger partial charge on any atom is 0.231 e. The number of morpholine rings is 1. The van der Waals surface area contributed by atoms with E-state index in [1.807, 2.05) is 42.5 Å². The predicted molar refractivity (Wildman–Crippen MR) is 109 cm³/mol. The highest BCUT2D eigenvalue weighted by molar-refractivity contribution is 6.15. The number of allylic oxidation sites excluding steroid dienone is 1. The molecule has 1 fully saturated rings. The largest absolute Gasteiger partial charge is 0.478 e. The lowest BCUT2D eigenvalue weighted by atomic mass is 10.0. The zero-order chi connectivity index (χ0) is 19.6. The average Bonchev–Trinajstić information content (AvgIpc) is 3.09. The normalized spacial score (nSPS) is 20.8. The van der Waals surface area contributed by atoms with E-state index in [1.165, 1.54) is 0 Å². The molecule has 0 amide bonds. The molecular weight excluding hydrogens is 368 g/mol. The van der Waals surface area contributed by atoms with Crippen molar-refractivity contribution >= 4 is 11.9 Å². The van der Waals surface area contributed by atoms with E-state index in [0.717, 1.165) is 62.8 Å². The van der Waals surface area contributed by atoms with Crippen LogP contribution < -0.4 is 9.47 Å². The van der Waals surface area contributed by atoms with Crippen LogP contribution in [-0.4, -0.2) is 61.7 Å². The summed E-state index contributed by atoms with van der Waals surface area (Å²) in [5.41, 5.74) is 2.52. The monoisotopic (exact) mass is 392 g/mol. The van der Waals surface area contributed by atoms with Gasteiger partial charge >= 0.3 is 0 Å². The van der Waals surface area contributed by atoms with E-state index in [1.54, 1.807) is 6.08 Å². The lowest BCUT2D eigenvalue weighted by Crippen LogP contribution is -2.43. The van der Waals surface area contributed by atoms with E-state index < -0.39 is 0 Å². The molecule has 3 heterocycles. The Morgan fingerprint density at radius 2 is 1.76 bits per heavy atom. The van der Waals surface area contributed by atoms with Gasteiger partial charge in [0.2, 0.25) is 5.78 Å². The van der Waals surface area contributed by atoms with Gasteiger partial charge in [0.15, 0.2) is 5.76 Å². The molecule has 29 heavy (non-hydrogen) atoms. The minimum absolute atomic E-state index is 0.0721. The number of ether oxygens (including phenoxy) is 3. The highest BCUT2D eigenvalue weighted by Crippen LogP contribution is 2.41. The minimum Gasteiger partial charge on any atom is -0.478 e. The summed E-state index contributed by atoms with van der Waals surface area (Å²) < 4.78 is 17.4. The van der Waals surface area contributed by atoms with Gasteiger partial charge in [-0.1, -0.05) is 30.3 Å². The summed E-state index contributed by atoms with van der Waals surface area (Å²) in [6, 6.07) is 13.5. The first-order valence-electron chi connectivity index (χ1n) is 10.1. The fraction of sp³-hybridized carbons (Fsp3) is 0.348. The zero-order valence-electron chi connectivity index (χ0n) is 16.3. The molecule has 0 bridgehead atoms. The quantitative estimate of drug-likeness (QED) is 0.746. The first kappa shape index (κ1) is 18.4. The van der Waals surface area contributed by atoms with Crippen LogP contribution in [-0.2, 0) is 11.3 Å². The van der Waals surface area contributed by atoms with Gasteiger partial charge in [-0.25, -0.2) is 0 Å². The van der Waals surface area contributed by atoms with Gasteiger partial charge in [-0.05, 0) is 23.8 Å². The van der Waals surface area contributed by atoms with Crippen LogP contribution in [0.3, 0.4) is 0 Å². The molecule has 0 saturated carbocycles. The molecule has 0 N–H and O–H groups in total. The van der Waals surface area contributed by atoms with Crippen molar-refractivity contribution < 1.29 is 19.0 Å². The molecule has 6 nitrogen and oxygen atoms in total. The highest BCUT2D eigenvalue weighted by atomic mass is 16.5. The first-order chi connectivity index (χ1) is 14.3. The number of nitrogens with zero attached hydrogens (tertiary/aromatic N) is 2. The van der Waals surface area contributed by atoms with E-state index in [-0.39, 0.29) is 5.78 Å². The Hall–Kier alpha value is -2.67. The summed E-state index contributed by atoms with van der Waals surface area (Å²) in [6.07, 6.45) is 1.80. The van der Waals surface area contributed by atoms with Crippen molar-refractivity contribution in [1.82, 2.24) is 9.80 Å². The topological polar surface area (TPSA) is 51.2 Å². The van der Waals surface area contributed by atoms with Gasteiger partial charge in [0, 0.05) is 32.7 Å². The molecule has 0 spiro atoms. The Bertz CT molecular complexity index is 935. The van der Waals surface area contributed by atoms with E-state index in [2.05, 4.69) is 9.80 Å². The van der Waals surface area contributed by atoms with E-state index >= 15 is 0 Å². The molecule has 0 aromatic heterocycles. The van der Waals surface area contributed by atoms with Crippen LogP contribution in [0.15, 0.2) is 48.2 Å². The highest BCUT2D eigenvalue weighted by Gasteiger charge is 2.33. The predicted octanol–water partition coefficient (Wildman–Crippen LogP) is 2.79. The molecule has 2 aromatic rings. The summed E-state index contributed by atoms with van der Waals surface area (Å²) in [6.45, 7) is 6.72. The Labute approximate surface area is 170 Å². The van der Waals surface area contributed by atoms with Crippen molar-refractivity contribution in [1.29, 1.82) is 0 Å². The number of hydrogen-bond acceptors (Lipinski definition) is 6. The lowest BCUT2D eigenvalue weighted by molar-refractivity contribution is 0.0239. The number of rotatable bonds is 4. The molecule has 0 aliphatic carbocycles. The smallest absolute Gasteiger partial charge is 0.231 e. The number of ketones is 1. The Balaban J connectivity index is 1.33. The molecule has 2 aromatic carbocycles. The van der Waals surface area contributed by atoms with Gasteiger partial charge in [0.05, 0.1) is 24.3 Å². The van der Waals surface area contributed by atoms with Gasteiger partial charge < -0.3 is 14.2 Å². The van der Waals surface area contributed by atoms with E-state index in [4.69, 9.17) is 14.2 Å². The van der Waals surface area contributed by atoms with Crippen LogP contribution in [0.4, 0.5) is 0 Å². The van der Waals surface area contributed by atoms with Gasteiger partial charge in [-0.15, -0.1) is 0 Å². The van der Waals surface area contributed by atoms with Crippen LogP contribution in [0.25, 0.3) is 6.08 Å².